The number of nitrogens with zero attached hydrogens (tertiary/aromatic N) is 2. The molecule has 15 heteroatoms. The van der Waals surface area contributed by atoms with E-state index in [1.807, 2.05) is 0 Å². The summed E-state index contributed by atoms with van der Waals surface area (Å²) < 4.78 is 92.1. The first-order chi connectivity index (χ1) is 16.6. The summed E-state index contributed by atoms with van der Waals surface area (Å²) in [7, 11) is -7.97. The summed E-state index contributed by atoms with van der Waals surface area (Å²) in [5.74, 6) is -1.04. The third-order valence-corrected chi connectivity index (χ3v) is 6.80. The van der Waals surface area contributed by atoms with Gasteiger partial charge < -0.3 is 4.42 Å². The summed E-state index contributed by atoms with van der Waals surface area (Å²) in [6.07, 6.45) is -4.12. The molecule has 1 aliphatic rings. The molecule has 0 radical (unpaired) electrons. The number of hydrazone groups is 1. The molecule has 0 bridgehead atoms. The Bertz CT molecular complexity index is 1620. The summed E-state index contributed by atoms with van der Waals surface area (Å²) in [5.41, 5.74) is -1.99. The maximum absolute atomic E-state index is 13.7. The lowest BCUT2D eigenvalue weighted by Gasteiger charge is -2.11. The van der Waals surface area contributed by atoms with Gasteiger partial charge >= 0.3 is 6.18 Å². The molecule has 4 rings (SSSR count). The predicted molar refractivity (Wildman–Crippen MR) is 122 cm³/mol. The van der Waals surface area contributed by atoms with Gasteiger partial charge in [0, 0.05) is 5.56 Å². The third kappa shape index (κ3) is 5.08. The van der Waals surface area contributed by atoms with Crippen LogP contribution in [0.1, 0.15) is 5.76 Å². The maximum atomic E-state index is 13.7. The lowest BCUT2D eigenvalue weighted by molar-refractivity contribution is -0.114. The lowest BCUT2D eigenvalue weighted by Crippen LogP contribution is -2.25. The predicted octanol–water partition coefficient (Wildman–Crippen LogP) is 2.59. The Morgan fingerprint density at radius 3 is 1.86 bits per heavy atom. The van der Waals surface area contributed by atoms with Crippen molar-refractivity contribution in [1.82, 2.24) is 0 Å². The van der Waals surface area contributed by atoms with Crippen LogP contribution < -0.4 is 15.3 Å². The molecule has 2 heterocycles. The molecule has 2 aromatic carbocycles. The number of sulfonamides is 2. The van der Waals surface area contributed by atoms with Crippen LogP contribution in [0.2, 0.25) is 0 Å². The Kier molecular flexibility index (Phi) is 6.12. The molecular formula is C21H15F3N4O6S2. The second-order valence-corrected chi connectivity index (χ2v) is 10.6. The van der Waals surface area contributed by atoms with E-state index in [9.17, 15) is 34.8 Å². The van der Waals surface area contributed by atoms with Crippen molar-refractivity contribution in [1.29, 1.82) is 0 Å². The van der Waals surface area contributed by atoms with Gasteiger partial charge in [-0.1, -0.05) is 0 Å². The standard InChI is InChI=1S/C21H15F3N4O6S2/c22-21(23,24)19-17(20(29)28(27-19)13-3-8-16(9-4-13)36(26,32)33)11-14-5-10-18(34-14)12-1-6-15(7-2-12)35(25,30)31/h1-11H,(H2,25,30,31)(H2,26,32,33)/b17-11+. The van der Waals surface area contributed by atoms with Crippen molar-refractivity contribution in [3.63, 3.8) is 0 Å². The molecule has 36 heavy (non-hydrogen) atoms. The van der Waals surface area contributed by atoms with Crippen molar-refractivity contribution in [2.24, 2.45) is 15.4 Å². The summed E-state index contributed by atoms with van der Waals surface area (Å²) in [5, 5.41) is 13.9. The van der Waals surface area contributed by atoms with Gasteiger partial charge in [0.15, 0.2) is 5.71 Å². The third-order valence-electron chi connectivity index (χ3n) is 4.94. The Morgan fingerprint density at radius 2 is 1.36 bits per heavy atom. The normalized spacial score (nSPS) is 16.0. The molecule has 1 amide bonds. The number of anilines is 1. The number of hydrogen-bond donors (Lipinski definition) is 2. The van der Waals surface area contributed by atoms with Crippen molar-refractivity contribution in [2.75, 3.05) is 5.01 Å². The molecule has 1 aliphatic heterocycles. The number of alkyl halides is 3. The molecule has 0 aliphatic carbocycles. The van der Waals surface area contributed by atoms with Gasteiger partial charge in [-0.25, -0.2) is 27.1 Å². The largest absolute Gasteiger partial charge is 0.457 e. The highest BCUT2D eigenvalue weighted by Gasteiger charge is 2.47. The van der Waals surface area contributed by atoms with Gasteiger partial charge in [0.2, 0.25) is 20.0 Å². The van der Waals surface area contributed by atoms with E-state index >= 15 is 0 Å². The molecule has 10 nitrogen and oxygen atoms in total. The van der Waals surface area contributed by atoms with Gasteiger partial charge in [0.25, 0.3) is 5.91 Å². The smallest absolute Gasteiger partial charge is 0.435 e. The fourth-order valence-corrected chi connectivity index (χ4v) is 4.27. The Labute approximate surface area is 202 Å². The zero-order chi connectivity index (χ0) is 26.5. The van der Waals surface area contributed by atoms with Gasteiger partial charge in [-0.05, 0) is 66.7 Å². The zero-order valence-electron chi connectivity index (χ0n) is 17.8. The second kappa shape index (κ2) is 8.70. The van der Waals surface area contributed by atoms with Crippen LogP contribution in [0.5, 0.6) is 0 Å². The number of carbonyl (C=O) groups excluding carboxylic acids is 1. The topological polar surface area (TPSA) is 166 Å². The van der Waals surface area contributed by atoms with E-state index < -0.39 is 43.4 Å². The molecule has 0 unspecified atom stereocenters. The number of halogens is 3. The van der Waals surface area contributed by atoms with Crippen LogP contribution >= 0.6 is 0 Å². The highest BCUT2D eigenvalue weighted by Crippen LogP contribution is 2.34. The Morgan fingerprint density at radius 1 is 0.833 bits per heavy atom. The molecular weight excluding hydrogens is 525 g/mol. The first-order valence-electron chi connectivity index (χ1n) is 9.73. The number of amides is 1. The summed E-state index contributed by atoms with van der Waals surface area (Å²) >= 11 is 0. The van der Waals surface area contributed by atoms with Crippen LogP contribution in [0.3, 0.4) is 0 Å². The molecule has 1 aromatic heterocycles. The minimum Gasteiger partial charge on any atom is -0.457 e. The van der Waals surface area contributed by atoms with Gasteiger partial charge in [-0.15, -0.1) is 0 Å². The average Bonchev–Trinajstić information content (AvgIpc) is 3.38. The molecule has 0 atom stereocenters. The summed E-state index contributed by atoms with van der Waals surface area (Å²) in [6, 6.07) is 12.2. The van der Waals surface area contributed by atoms with Gasteiger partial charge in [0.1, 0.15) is 11.5 Å². The first kappa shape index (κ1) is 25.3. The van der Waals surface area contributed by atoms with Crippen LogP contribution in [0.25, 0.3) is 17.4 Å². The van der Waals surface area contributed by atoms with Crippen molar-refractivity contribution in [3.05, 3.63) is 72.0 Å². The van der Waals surface area contributed by atoms with Crippen LogP contribution in [0.15, 0.2) is 85.5 Å². The molecule has 4 N–H and O–H groups in total. The Balaban J connectivity index is 1.67. The van der Waals surface area contributed by atoms with Crippen LogP contribution in [-0.4, -0.2) is 34.6 Å². The minimum absolute atomic E-state index is 0.104. The van der Waals surface area contributed by atoms with E-state index in [-0.39, 0.29) is 27.0 Å². The van der Waals surface area contributed by atoms with Gasteiger partial charge in [-0.2, -0.15) is 23.3 Å². The quantitative estimate of drug-likeness (QED) is 0.472. The van der Waals surface area contributed by atoms with Gasteiger partial charge in [-0.3, -0.25) is 4.79 Å². The Hall–Kier alpha value is -3.79. The van der Waals surface area contributed by atoms with E-state index in [1.54, 1.807) is 0 Å². The highest BCUT2D eigenvalue weighted by atomic mass is 32.2. The molecule has 3 aromatic rings. The molecule has 0 spiro atoms. The maximum Gasteiger partial charge on any atom is 0.435 e. The number of nitrogens with two attached hydrogens (primary N) is 2. The second-order valence-electron chi connectivity index (χ2n) is 7.43. The summed E-state index contributed by atoms with van der Waals surface area (Å²) in [4.78, 5) is 12.4. The average molecular weight is 541 g/mol. The molecule has 0 fully saturated rings. The first-order valence-corrected chi connectivity index (χ1v) is 12.8. The number of benzene rings is 2. The summed E-state index contributed by atoms with van der Waals surface area (Å²) in [6.45, 7) is 0. The lowest BCUT2D eigenvalue weighted by atomic mass is 10.1. The van der Waals surface area contributed by atoms with E-state index in [2.05, 4.69) is 5.10 Å². The molecule has 0 saturated carbocycles. The zero-order valence-corrected chi connectivity index (χ0v) is 19.4. The van der Waals surface area contributed by atoms with Crippen LogP contribution in [0.4, 0.5) is 18.9 Å². The molecule has 188 valence electrons. The van der Waals surface area contributed by atoms with Crippen molar-refractivity contribution in [2.45, 2.75) is 16.0 Å². The highest BCUT2D eigenvalue weighted by molar-refractivity contribution is 7.89. The fourth-order valence-electron chi connectivity index (χ4n) is 3.24. The number of rotatable bonds is 5. The van der Waals surface area contributed by atoms with Crippen LogP contribution in [0, 0.1) is 0 Å². The van der Waals surface area contributed by atoms with E-state index in [0.29, 0.717) is 10.6 Å². The number of primary sulfonamides is 2. The fraction of sp³-hybridized carbons (Fsp3) is 0.0476. The molecule has 0 saturated heterocycles. The van der Waals surface area contributed by atoms with Crippen molar-refractivity contribution < 1.29 is 39.2 Å². The minimum atomic E-state index is -4.99. The van der Waals surface area contributed by atoms with E-state index in [1.165, 1.54) is 36.4 Å². The SMILES string of the molecule is NS(=O)(=O)c1ccc(-c2ccc(/C=C3/C(=O)N(c4ccc(S(N)(=O)=O)cc4)N=C3C(F)(F)F)o2)cc1. The number of hydrogen-bond acceptors (Lipinski definition) is 7. The monoisotopic (exact) mass is 540 g/mol. The number of carbonyl (C=O) groups is 1. The van der Waals surface area contributed by atoms with Crippen molar-refractivity contribution in [3.8, 4) is 11.3 Å². The van der Waals surface area contributed by atoms with Crippen molar-refractivity contribution >= 4 is 43.4 Å². The van der Waals surface area contributed by atoms with E-state index in [4.69, 9.17) is 14.7 Å². The van der Waals surface area contributed by atoms with E-state index in [0.717, 1.165) is 30.3 Å². The number of furan rings is 1. The van der Waals surface area contributed by atoms with Gasteiger partial charge in [0.05, 0.1) is 21.1 Å². The van der Waals surface area contributed by atoms with Crippen LogP contribution in [-0.2, 0) is 24.8 Å².